The number of hydrogen-bond donors (Lipinski definition) is 1. The van der Waals surface area contributed by atoms with Crippen LogP contribution in [0.25, 0.3) is 0 Å². The molecule has 5 heteroatoms. The highest BCUT2D eigenvalue weighted by molar-refractivity contribution is 5.37. The summed E-state index contributed by atoms with van der Waals surface area (Å²) in [6.07, 6.45) is -2.29. The van der Waals surface area contributed by atoms with E-state index in [4.69, 9.17) is 0 Å². The fourth-order valence-electron chi connectivity index (χ4n) is 2.43. The topological polar surface area (TPSA) is 24.9 Å². The number of nitrogens with one attached hydrogen (secondary N) is 1. The van der Waals surface area contributed by atoms with Crippen molar-refractivity contribution >= 4 is 5.82 Å². The standard InChI is InChI=1S/C13H17F3N2/c1-8-6-7-10(9(8)2)17-12-5-3-4-11(18-12)13(14,15)16/h3-5,8-10H,6-7H2,1-2H3,(H,17,18). The van der Waals surface area contributed by atoms with Gasteiger partial charge in [-0.1, -0.05) is 19.9 Å². The highest BCUT2D eigenvalue weighted by atomic mass is 19.4. The van der Waals surface area contributed by atoms with E-state index < -0.39 is 11.9 Å². The second-order valence-corrected chi connectivity index (χ2v) is 5.07. The number of rotatable bonds is 2. The third kappa shape index (κ3) is 2.76. The minimum absolute atomic E-state index is 0.219. The molecule has 1 aromatic heterocycles. The Morgan fingerprint density at radius 1 is 1.22 bits per heavy atom. The molecule has 3 atom stereocenters. The lowest BCUT2D eigenvalue weighted by molar-refractivity contribution is -0.141. The van der Waals surface area contributed by atoms with Crippen molar-refractivity contribution in [1.29, 1.82) is 0 Å². The lowest BCUT2D eigenvalue weighted by atomic mass is 9.98. The molecule has 100 valence electrons. The number of halogens is 3. The van der Waals surface area contributed by atoms with Crippen LogP contribution < -0.4 is 5.32 Å². The summed E-state index contributed by atoms with van der Waals surface area (Å²) in [6.45, 7) is 4.30. The highest BCUT2D eigenvalue weighted by Gasteiger charge is 2.33. The van der Waals surface area contributed by atoms with Gasteiger partial charge in [-0.05, 0) is 36.8 Å². The predicted octanol–water partition coefficient (Wildman–Crippen LogP) is 3.95. The first-order valence-corrected chi connectivity index (χ1v) is 6.18. The molecule has 1 N–H and O–H groups in total. The molecule has 1 fully saturated rings. The van der Waals surface area contributed by atoms with Crippen molar-refractivity contribution in [3.8, 4) is 0 Å². The van der Waals surface area contributed by atoms with E-state index in [0.717, 1.165) is 18.9 Å². The summed E-state index contributed by atoms with van der Waals surface area (Å²) in [5, 5.41) is 3.12. The van der Waals surface area contributed by atoms with Crippen LogP contribution in [0.3, 0.4) is 0 Å². The molecule has 2 nitrogen and oxygen atoms in total. The van der Waals surface area contributed by atoms with Gasteiger partial charge >= 0.3 is 6.18 Å². The molecule has 3 unspecified atom stereocenters. The summed E-state index contributed by atoms with van der Waals surface area (Å²) < 4.78 is 37.6. The van der Waals surface area contributed by atoms with Crippen LogP contribution >= 0.6 is 0 Å². The van der Waals surface area contributed by atoms with E-state index in [-0.39, 0.29) is 6.04 Å². The molecule has 1 aromatic rings. The van der Waals surface area contributed by atoms with E-state index in [1.165, 1.54) is 6.07 Å². The maximum absolute atomic E-state index is 12.5. The average molecular weight is 258 g/mol. The van der Waals surface area contributed by atoms with E-state index in [1.807, 2.05) is 0 Å². The van der Waals surface area contributed by atoms with Crippen molar-refractivity contribution in [2.75, 3.05) is 5.32 Å². The lowest BCUT2D eigenvalue weighted by Gasteiger charge is -2.20. The van der Waals surface area contributed by atoms with E-state index in [2.05, 4.69) is 24.1 Å². The molecule has 0 amide bonds. The van der Waals surface area contributed by atoms with Crippen molar-refractivity contribution in [3.63, 3.8) is 0 Å². The Bertz CT molecular complexity index is 417. The Morgan fingerprint density at radius 2 is 1.94 bits per heavy atom. The summed E-state index contributed by atoms with van der Waals surface area (Å²) in [4.78, 5) is 3.63. The van der Waals surface area contributed by atoms with Crippen LogP contribution in [0, 0.1) is 11.8 Å². The molecule has 0 aliphatic heterocycles. The van der Waals surface area contributed by atoms with Gasteiger partial charge in [0.25, 0.3) is 0 Å². The molecule has 18 heavy (non-hydrogen) atoms. The zero-order valence-electron chi connectivity index (χ0n) is 10.5. The molecule has 0 spiro atoms. The van der Waals surface area contributed by atoms with Crippen LogP contribution in [-0.2, 0) is 6.18 Å². The largest absolute Gasteiger partial charge is 0.433 e. The van der Waals surface area contributed by atoms with Crippen molar-refractivity contribution in [1.82, 2.24) is 4.98 Å². The first-order chi connectivity index (χ1) is 8.38. The van der Waals surface area contributed by atoms with Crippen molar-refractivity contribution in [2.45, 2.75) is 38.9 Å². The number of nitrogens with zero attached hydrogens (tertiary/aromatic N) is 1. The first-order valence-electron chi connectivity index (χ1n) is 6.18. The van der Waals surface area contributed by atoms with E-state index in [1.54, 1.807) is 6.07 Å². The zero-order valence-corrected chi connectivity index (χ0v) is 10.5. The van der Waals surface area contributed by atoms with Crippen LogP contribution in [0.4, 0.5) is 19.0 Å². The van der Waals surface area contributed by atoms with Gasteiger partial charge in [-0.2, -0.15) is 13.2 Å². The molecule has 0 saturated heterocycles. The van der Waals surface area contributed by atoms with Gasteiger partial charge in [-0.25, -0.2) is 4.98 Å². The number of alkyl halides is 3. The van der Waals surface area contributed by atoms with E-state index in [0.29, 0.717) is 17.7 Å². The van der Waals surface area contributed by atoms with Crippen LogP contribution in [0.1, 0.15) is 32.4 Å². The molecular formula is C13H17F3N2. The number of pyridine rings is 1. The highest BCUT2D eigenvalue weighted by Crippen LogP contribution is 2.33. The van der Waals surface area contributed by atoms with Gasteiger partial charge in [-0.3, -0.25) is 0 Å². The Hall–Kier alpha value is -1.26. The van der Waals surface area contributed by atoms with Gasteiger partial charge in [0.2, 0.25) is 0 Å². The third-order valence-electron chi connectivity index (χ3n) is 3.84. The van der Waals surface area contributed by atoms with Gasteiger partial charge in [0.15, 0.2) is 0 Å². The Balaban J connectivity index is 2.11. The minimum Gasteiger partial charge on any atom is -0.367 e. The van der Waals surface area contributed by atoms with Crippen LogP contribution in [-0.4, -0.2) is 11.0 Å². The van der Waals surface area contributed by atoms with E-state index >= 15 is 0 Å². The molecule has 1 aliphatic rings. The van der Waals surface area contributed by atoms with Gasteiger partial charge in [0.05, 0.1) is 0 Å². The predicted molar refractivity (Wildman–Crippen MR) is 64.2 cm³/mol. The number of hydrogen-bond acceptors (Lipinski definition) is 2. The third-order valence-corrected chi connectivity index (χ3v) is 3.84. The zero-order chi connectivity index (χ0) is 13.3. The summed E-state index contributed by atoms with van der Waals surface area (Å²) in [7, 11) is 0. The van der Waals surface area contributed by atoms with Crippen LogP contribution in [0.15, 0.2) is 18.2 Å². The SMILES string of the molecule is CC1CCC(Nc2cccc(C(F)(F)F)n2)C1C. The second kappa shape index (κ2) is 4.78. The summed E-state index contributed by atoms with van der Waals surface area (Å²) >= 11 is 0. The quantitative estimate of drug-likeness (QED) is 0.868. The molecule has 1 aliphatic carbocycles. The van der Waals surface area contributed by atoms with Crippen molar-refractivity contribution in [3.05, 3.63) is 23.9 Å². The molecule has 0 bridgehead atoms. The Kier molecular flexibility index (Phi) is 3.50. The van der Waals surface area contributed by atoms with Crippen molar-refractivity contribution < 1.29 is 13.2 Å². The summed E-state index contributed by atoms with van der Waals surface area (Å²) in [6, 6.07) is 4.19. The Morgan fingerprint density at radius 3 is 2.50 bits per heavy atom. The van der Waals surface area contributed by atoms with Gasteiger partial charge < -0.3 is 5.32 Å². The molecular weight excluding hydrogens is 241 g/mol. The molecule has 2 rings (SSSR count). The fraction of sp³-hybridized carbons (Fsp3) is 0.615. The number of anilines is 1. The maximum Gasteiger partial charge on any atom is 0.433 e. The van der Waals surface area contributed by atoms with Gasteiger partial charge in [-0.15, -0.1) is 0 Å². The van der Waals surface area contributed by atoms with Crippen LogP contribution in [0.2, 0.25) is 0 Å². The maximum atomic E-state index is 12.5. The lowest BCUT2D eigenvalue weighted by Crippen LogP contribution is -2.25. The van der Waals surface area contributed by atoms with E-state index in [9.17, 15) is 13.2 Å². The average Bonchev–Trinajstić information content (AvgIpc) is 2.60. The van der Waals surface area contributed by atoms with Crippen molar-refractivity contribution in [2.24, 2.45) is 11.8 Å². The van der Waals surface area contributed by atoms with Gasteiger partial charge in [0, 0.05) is 6.04 Å². The Labute approximate surface area is 105 Å². The monoisotopic (exact) mass is 258 g/mol. The summed E-state index contributed by atoms with van der Waals surface area (Å²) in [5.74, 6) is 1.38. The first kappa shape index (κ1) is 13.2. The smallest absolute Gasteiger partial charge is 0.367 e. The normalized spacial score (nSPS) is 28.4. The van der Waals surface area contributed by atoms with Gasteiger partial charge in [0.1, 0.15) is 11.5 Å². The fourth-order valence-corrected chi connectivity index (χ4v) is 2.43. The molecule has 1 heterocycles. The second-order valence-electron chi connectivity index (χ2n) is 5.07. The molecule has 0 radical (unpaired) electrons. The minimum atomic E-state index is -4.38. The van der Waals surface area contributed by atoms with Crippen LogP contribution in [0.5, 0.6) is 0 Å². The summed E-state index contributed by atoms with van der Waals surface area (Å²) in [5.41, 5.74) is -0.841. The molecule has 0 aromatic carbocycles. The number of aromatic nitrogens is 1. The molecule has 1 saturated carbocycles.